The minimum atomic E-state index is -0.278. The summed E-state index contributed by atoms with van der Waals surface area (Å²) >= 11 is 0. The quantitative estimate of drug-likeness (QED) is 0.561. The standard InChI is InChI=1S/C23H23FN6/c1-29-11-7-15(8-12-29)17-9-13-30-20(14-17)28-21(16-2-4-18(24)5-3-16)22(30)19-6-10-26-23(25)27-19/h2-6,9-10,13-15H,7-8,11-12H2,1H3,(H2,25,26,27). The molecule has 6 nitrogen and oxygen atoms in total. The summed E-state index contributed by atoms with van der Waals surface area (Å²) in [4.78, 5) is 15.7. The van der Waals surface area contributed by atoms with Gasteiger partial charge in [0.2, 0.25) is 5.95 Å². The molecular formula is C23H23FN6. The van der Waals surface area contributed by atoms with Gasteiger partial charge >= 0.3 is 0 Å². The summed E-state index contributed by atoms with van der Waals surface area (Å²) in [6.07, 6.45) is 5.98. The Hall–Kier alpha value is -3.32. The number of likely N-dealkylation sites (tertiary alicyclic amines) is 1. The second kappa shape index (κ2) is 7.50. The van der Waals surface area contributed by atoms with Crippen LogP contribution >= 0.6 is 0 Å². The van der Waals surface area contributed by atoms with Crippen molar-refractivity contribution in [2.45, 2.75) is 18.8 Å². The van der Waals surface area contributed by atoms with Gasteiger partial charge in [-0.1, -0.05) is 0 Å². The topological polar surface area (TPSA) is 72.3 Å². The molecule has 0 amide bonds. The van der Waals surface area contributed by atoms with E-state index >= 15 is 0 Å². The van der Waals surface area contributed by atoms with E-state index in [1.807, 2.05) is 10.5 Å². The lowest BCUT2D eigenvalue weighted by atomic mass is 9.90. The predicted molar refractivity (Wildman–Crippen MR) is 115 cm³/mol. The first-order valence-corrected chi connectivity index (χ1v) is 10.1. The van der Waals surface area contributed by atoms with Crippen molar-refractivity contribution in [1.29, 1.82) is 0 Å². The van der Waals surface area contributed by atoms with E-state index in [0.717, 1.165) is 48.5 Å². The fraction of sp³-hybridized carbons (Fsp3) is 0.261. The summed E-state index contributed by atoms with van der Waals surface area (Å²) in [5, 5.41) is 0. The smallest absolute Gasteiger partial charge is 0.220 e. The van der Waals surface area contributed by atoms with Gasteiger partial charge in [-0.3, -0.25) is 4.40 Å². The fourth-order valence-corrected chi connectivity index (χ4v) is 4.22. The van der Waals surface area contributed by atoms with Crippen molar-refractivity contribution in [2.24, 2.45) is 0 Å². The number of nitrogen functional groups attached to an aromatic ring is 1. The van der Waals surface area contributed by atoms with Crippen LogP contribution in [0, 0.1) is 5.82 Å². The molecule has 0 atom stereocenters. The number of hydrogen-bond donors (Lipinski definition) is 1. The van der Waals surface area contributed by atoms with E-state index in [0.29, 0.717) is 11.6 Å². The molecule has 5 rings (SSSR count). The summed E-state index contributed by atoms with van der Waals surface area (Å²) in [7, 11) is 2.17. The van der Waals surface area contributed by atoms with Gasteiger partial charge < -0.3 is 10.6 Å². The first kappa shape index (κ1) is 18.7. The Morgan fingerprint density at radius 2 is 1.80 bits per heavy atom. The van der Waals surface area contributed by atoms with Gasteiger partial charge in [-0.05, 0) is 86.9 Å². The molecule has 0 spiro atoms. The normalized spacial score (nSPS) is 15.7. The lowest BCUT2D eigenvalue weighted by Crippen LogP contribution is -2.29. The molecule has 1 saturated heterocycles. The molecule has 1 fully saturated rings. The summed E-state index contributed by atoms with van der Waals surface area (Å²) in [6, 6.07) is 12.5. The van der Waals surface area contributed by atoms with Crippen molar-refractivity contribution < 1.29 is 4.39 Å². The molecule has 152 valence electrons. The number of nitrogens with two attached hydrogens (primary N) is 1. The highest BCUT2D eigenvalue weighted by atomic mass is 19.1. The minimum Gasteiger partial charge on any atom is -0.368 e. The van der Waals surface area contributed by atoms with E-state index < -0.39 is 0 Å². The van der Waals surface area contributed by atoms with Crippen molar-refractivity contribution in [3.63, 3.8) is 0 Å². The van der Waals surface area contributed by atoms with Crippen LogP contribution in [0.5, 0.6) is 0 Å². The van der Waals surface area contributed by atoms with E-state index in [2.05, 4.69) is 40.2 Å². The molecule has 0 bridgehead atoms. The third kappa shape index (κ3) is 3.41. The fourth-order valence-electron chi connectivity index (χ4n) is 4.22. The molecule has 0 radical (unpaired) electrons. The zero-order chi connectivity index (χ0) is 20.7. The molecule has 0 aliphatic carbocycles. The van der Waals surface area contributed by atoms with E-state index in [1.54, 1.807) is 18.3 Å². The van der Waals surface area contributed by atoms with E-state index in [4.69, 9.17) is 10.7 Å². The Labute approximate surface area is 174 Å². The van der Waals surface area contributed by atoms with Gasteiger partial charge in [-0.25, -0.2) is 19.3 Å². The number of halogens is 1. The maximum atomic E-state index is 13.5. The summed E-state index contributed by atoms with van der Waals surface area (Å²) in [5.74, 6) is 0.464. The van der Waals surface area contributed by atoms with Crippen LogP contribution in [0.4, 0.5) is 10.3 Å². The van der Waals surface area contributed by atoms with Crippen LogP contribution in [-0.2, 0) is 0 Å². The average molecular weight is 402 g/mol. The third-order valence-electron chi connectivity index (χ3n) is 5.87. The molecule has 4 aromatic rings. The molecule has 7 heteroatoms. The van der Waals surface area contributed by atoms with Gasteiger partial charge in [0.1, 0.15) is 11.5 Å². The van der Waals surface area contributed by atoms with Crippen LogP contribution in [0.25, 0.3) is 28.3 Å². The Morgan fingerprint density at radius 3 is 2.53 bits per heavy atom. The number of pyridine rings is 1. The summed E-state index contributed by atoms with van der Waals surface area (Å²) in [6.45, 7) is 2.22. The highest BCUT2D eigenvalue weighted by molar-refractivity contribution is 5.80. The molecule has 0 saturated carbocycles. The van der Waals surface area contributed by atoms with E-state index in [1.165, 1.54) is 17.7 Å². The van der Waals surface area contributed by atoms with E-state index in [9.17, 15) is 4.39 Å². The number of fused-ring (bicyclic) bond motifs is 1. The molecule has 1 aliphatic heterocycles. The van der Waals surface area contributed by atoms with Gasteiger partial charge in [0.05, 0.1) is 17.1 Å². The lowest BCUT2D eigenvalue weighted by Gasteiger charge is -2.29. The number of benzene rings is 1. The zero-order valence-electron chi connectivity index (χ0n) is 16.8. The number of nitrogens with zero attached hydrogens (tertiary/aromatic N) is 5. The maximum Gasteiger partial charge on any atom is 0.220 e. The number of hydrogen-bond acceptors (Lipinski definition) is 5. The Morgan fingerprint density at radius 1 is 1.03 bits per heavy atom. The van der Waals surface area contributed by atoms with Crippen LogP contribution in [0.2, 0.25) is 0 Å². The molecule has 30 heavy (non-hydrogen) atoms. The molecule has 4 heterocycles. The maximum absolute atomic E-state index is 13.5. The SMILES string of the molecule is CN1CCC(c2ccn3c(-c4ccnc(N)n4)c(-c4ccc(F)cc4)nc3c2)CC1. The van der Waals surface area contributed by atoms with Crippen LogP contribution in [0.15, 0.2) is 54.9 Å². The monoisotopic (exact) mass is 402 g/mol. The number of aromatic nitrogens is 4. The Balaban J connectivity index is 1.66. The highest BCUT2D eigenvalue weighted by Crippen LogP contribution is 2.34. The first-order valence-electron chi connectivity index (χ1n) is 10.1. The minimum absolute atomic E-state index is 0.204. The predicted octanol–water partition coefficient (Wildman–Crippen LogP) is 3.99. The van der Waals surface area contributed by atoms with Crippen molar-refractivity contribution in [2.75, 3.05) is 25.9 Å². The highest BCUT2D eigenvalue weighted by Gasteiger charge is 2.21. The third-order valence-corrected chi connectivity index (χ3v) is 5.87. The molecular weight excluding hydrogens is 379 g/mol. The van der Waals surface area contributed by atoms with Crippen LogP contribution < -0.4 is 5.73 Å². The second-order valence-corrected chi connectivity index (χ2v) is 7.88. The Bertz CT molecular complexity index is 1190. The Kier molecular flexibility index (Phi) is 4.67. The van der Waals surface area contributed by atoms with Gasteiger partial charge in [-0.15, -0.1) is 0 Å². The van der Waals surface area contributed by atoms with Gasteiger partial charge in [0.25, 0.3) is 0 Å². The second-order valence-electron chi connectivity index (χ2n) is 7.88. The largest absolute Gasteiger partial charge is 0.368 e. The molecule has 2 N–H and O–H groups in total. The lowest BCUT2D eigenvalue weighted by molar-refractivity contribution is 0.255. The molecule has 0 unspecified atom stereocenters. The van der Waals surface area contributed by atoms with Crippen LogP contribution in [0.3, 0.4) is 0 Å². The average Bonchev–Trinajstić information content (AvgIpc) is 3.13. The van der Waals surface area contributed by atoms with Gasteiger partial charge in [0, 0.05) is 18.0 Å². The number of rotatable bonds is 3. The van der Waals surface area contributed by atoms with Crippen molar-refractivity contribution in [1.82, 2.24) is 24.3 Å². The van der Waals surface area contributed by atoms with Crippen LogP contribution in [-0.4, -0.2) is 44.4 Å². The van der Waals surface area contributed by atoms with Gasteiger partial charge in [-0.2, -0.15) is 0 Å². The van der Waals surface area contributed by atoms with Gasteiger partial charge in [0.15, 0.2) is 0 Å². The molecule has 3 aromatic heterocycles. The van der Waals surface area contributed by atoms with Crippen molar-refractivity contribution in [3.8, 4) is 22.6 Å². The van der Waals surface area contributed by atoms with E-state index in [-0.39, 0.29) is 11.8 Å². The summed E-state index contributed by atoms with van der Waals surface area (Å²) < 4.78 is 15.5. The first-order chi connectivity index (χ1) is 14.6. The molecule has 1 aromatic carbocycles. The van der Waals surface area contributed by atoms with Crippen molar-refractivity contribution >= 4 is 11.6 Å². The number of anilines is 1. The number of imidazole rings is 1. The molecule has 1 aliphatic rings. The van der Waals surface area contributed by atoms with Crippen LogP contribution in [0.1, 0.15) is 24.3 Å². The summed E-state index contributed by atoms with van der Waals surface area (Å²) in [5.41, 5.74) is 11.1. The zero-order valence-corrected chi connectivity index (χ0v) is 16.8. The van der Waals surface area contributed by atoms with Crippen molar-refractivity contribution in [3.05, 3.63) is 66.2 Å². The number of piperidine rings is 1.